The van der Waals surface area contributed by atoms with Crippen LogP contribution in [0.15, 0.2) is 42.5 Å². The number of methoxy groups -OCH3 is 1. The molecule has 0 fully saturated rings. The summed E-state index contributed by atoms with van der Waals surface area (Å²) in [5.41, 5.74) is 2.06. The second kappa shape index (κ2) is 5.52. The highest BCUT2D eigenvalue weighted by Crippen LogP contribution is 2.25. The third-order valence-electron chi connectivity index (χ3n) is 2.73. The zero-order valence-electron chi connectivity index (χ0n) is 10.7. The Morgan fingerprint density at radius 2 is 1.84 bits per heavy atom. The second-order valence-electron chi connectivity index (χ2n) is 4.16. The van der Waals surface area contributed by atoms with Crippen LogP contribution in [0.2, 0.25) is 0 Å². The van der Waals surface area contributed by atoms with Crippen molar-refractivity contribution in [2.75, 3.05) is 12.4 Å². The predicted octanol–water partition coefficient (Wildman–Crippen LogP) is 3.40. The van der Waals surface area contributed by atoms with Gasteiger partial charge in [-0.05, 0) is 31.2 Å². The van der Waals surface area contributed by atoms with Crippen molar-refractivity contribution in [1.29, 1.82) is 0 Å². The molecule has 0 saturated heterocycles. The number of carbonyl (C=O) groups is 1. The molecule has 3 nitrogen and oxygen atoms in total. The van der Waals surface area contributed by atoms with Crippen molar-refractivity contribution in [2.24, 2.45) is 0 Å². The van der Waals surface area contributed by atoms with Crippen molar-refractivity contribution < 1.29 is 13.9 Å². The number of hydrogen-bond acceptors (Lipinski definition) is 2. The van der Waals surface area contributed by atoms with Gasteiger partial charge in [0.05, 0.1) is 12.8 Å². The molecule has 98 valence electrons. The van der Waals surface area contributed by atoms with Crippen molar-refractivity contribution in [3.05, 3.63) is 59.4 Å². The van der Waals surface area contributed by atoms with Gasteiger partial charge >= 0.3 is 0 Å². The number of ether oxygens (including phenoxy) is 1. The van der Waals surface area contributed by atoms with Crippen LogP contribution >= 0.6 is 0 Å². The molecular formula is C15H14FNO2. The van der Waals surface area contributed by atoms with Crippen LogP contribution in [-0.2, 0) is 0 Å². The number of rotatable bonds is 3. The van der Waals surface area contributed by atoms with Crippen LogP contribution in [0.4, 0.5) is 10.1 Å². The molecule has 0 aromatic heterocycles. The third kappa shape index (κ3) is 3.10. The van der Waals surface area contributed by atoms with Crippen LogP contribution in [-0.4, -0.2) is 13.0 Å². The number of hydrogen-bond donors (Lipinski definition) is 1. The molecule has 1 amide bonds. The van der Waals surface area contributed by atoms with Gasteiger partial charge in [0.1, 0.15) is 11.6 Å². The van der Waals surface area contributed by atoms with Crippen molar-refractivity contribution >= 4 is 11.6 Å². The number of carbonyl (C=O) groups excluding carboxylic acids is 1. The zero-order chi connectivity index (χ0) is 13.8. The summed E-state index contributed by atoms with van der Waals surface area (Å²) in [5, 5.41) is 2.69. The predicted molar refractivity (Wildman–Crippen MR) is 72.1 cm³/mol. The molecule has 0 aliphatic heterocycles. The lowest BCUT2D eigenvalue weighted by molar-refractivity contribution is 0.102. The second-order valence-corrected chi connectivity index (χ2v) is 4.16. The molecule has 0 atom stereocenters. The van der Waals surface area contributed by atoms with Gasteiger partial charge in [-0.1, -0.05) is 17.7 Å². The number of benzene rings is 2. The maximum absolute atomic E-state index is 13.0. The Labute approximate surface area is 111 Å². The van der Waals surface area contributed by atoms with Gasteiger partial charge in [0.2, 0.25) is 0 Å². The van der Waals surface area contributed by atoms with E-state index in [-0.39, 0.29) is 5.91 Å². The van der Waals surface area contributed by atoms with Gasteiger partial charge in [-0.25, -0.2) is 4.39 Å². The molecule has 0 bridgehead atoms. The minimum absolute atomic E-state index is 0.259. The van der Waals surface area contributed by atoms with Crippen molar-refractivity contribution in [2.45, 2.75) is 6.92 Å². The number of anilines is 1. The SMILES string of the molecule is COc1cc(F)ccc1NC(=O)c1ccc(C)cc1. The van der Waals surface area contributed by atoms with Gasteiger partial charge in [-0.2, -0.15) is 0 Å². The van der Waals surface area contributed by atoms with Gasteiger partial charge < -0.3 is 10.1 Å². The lowest BCUT2D eigenvalue weighted by atomic mass is 10.1. The maximum atomic E-state index is 13.0. The quantitative estimate of drug-likeness (QED) is 0.917. The first-order valence-electron chi connectivity index (χ1n) is 5.81. The molecule has 0 saturated carbocycles. The monoisotopic (exact) mass is 259 g/mol. The summed E-state index contributed by atoms with van der Waals surface area (Å²) in [6.45, 7) is 1.95. The molecule has 0 aliphatic rings. The van der Waals surface area contributed by atoms with Crippen molar-refractivity contribution in [3.8, 4) is 5.75 Å². The van der Waals surface area contributed by atoms with E-state index >= 15 is 0 Å². The van der Waals surface area contributed by atoms with Crippen LogP contribution in [0.5, 0.6) is 5.75 Å². The first kappa shape index (κ1) is 13.1. The highest BCUT2D eigenvalue weighted by molar-refractivity contribution is 6.05. The van der Waals surface area contributed by atoms with Gasteiger partial charge in [-0.15, -0.1) is 0 Å². The molecule has 2 aromatic rings. The Morgan fingerprint density at radius 1 is 1.16 bits per heavy atom. The molecule has 1 N–H and O–H groups in total. The minimum Gasteiger partial charge on any atom is -0.494 e. The van der Waals surface area contributed by atoms with Gasteiger partial charge in [-0.3, -0.25) is 4.79 Å². The van der Waals surface area contributed by atoms with E-state index in [9.17, 15) is 9.18 Å². The molecule has 4 heteroatoms. The van der Waals surface area contributed by atoms with Gasteiger partial charge in [0, 0.05) is 11.6 Å². The summed E-state index contributed by atoms with van der Waals surface area (Å²) in [7, 11) is 1.43. The largest absolute Gasteiger partial charge is 0.494 e. The molecule has 0 aliphatic carbocycles. The average Bonchev–Trinajstić information content (AvgIpc) is 2.41. The summed E-state index contributed by atoms with van der Waals surface area (Å²) in [4.78, 5) is 12.0. The van der Waals surface area contributed by atoms with E-state index in [1.54, 1.807) is 12.1 Å². The van der Waals surface area contributed by atoms with E-state index in [2.05, 4.69) is 5.32 Å². The van der Waals surface area contributed by atoms with E-state index in [1.807, 2.05) is 19.1 Å². The Balaban J connectivity index is 2.21. The Bertz CT molecular complexity index is 594. The molecule has 0 unspecified atom stereocenters. The first-order valence-corrected chi connectivity index (χ1v) is 5.81. The zero-order valence-corrected chi connectivity index (χ0v) is 10.7. The van der Waals surface area contributed by atoms with Crippen LogP contribution in [0, 0.1) is 12.7 Å². The summed E-state index contributed by atoms with van der Waals surface area (Å²) in [5.74, 6) is -0.379. The standard InChI is InChI=1S/C15H14FNO2/c1-10-3-5-11(6-4-10)15(18)17-13-8-7-12(16)9-14(13)19-2/h3-9H,1-2H3,(H,17,18). The van der Waals surface area contributed by atoms with Crippen LogP contribution in [0.3, 0.4) is 0 Å². The fourth-order valence-electron chi connectivity index (χ4n) is 1.67. The fraction of sp³-hybridized carbons (Fsp3) is 0.133. The number of aryl methyl sites for hydroxylation is 1. The summed E-state index contributed by atoms with van der Waals surface area (Å²) < 4.78 is 18.1. The molecule has 0 radical (unpaired) electrons. The van der Waals surface area contributed by atoms with E-state index in [4.69, 9.17) is 4.74 Å². The smallest absolute Gasteiger partial charge is 0.255 e. The number of amides is 1. The van der Waals surface area contributed by atoms with Crippen LogP contribution in [0.1, 0.15) is 15.9 Å². The molecule has 0 spiro atoms. The van der Waals surface area contributed by atoms with Crippen molar-refractivity contribution in [3.63, 3.8) is 0 Å². The molecule has 2 rings (SSSR count). The third-order valence-corrected chi connectivity index (χ3v) is 2.73. The molecule has 19 heavy (non-hydrogen) atoms. The Hall–Kier alpha value is -2.36. The van der Waals surface area contributed by atoms with E-state index < -0.39 is 5.82 Å². The molecule has 2 aromatic carbocycles. The van der Waals surface area contributed by atoms with E-state index in [1.165, 1.54) is 25.3 Å². The number of nitrogens with one attached hydrogen (secondary N) is 1. The normalized spacial score (nSPS) is 10.1. The fourth-order valence-corrected chi connectivity index (χ4v) is 1.67. The summed E-state index contributed by atoms with van der Waals surface area (Å²) >= 11 is 0. The summed E-state index contributed by atoms with van der Waals surface area (Å²) in [6.07, 6.45) is 0. The van der Waals surface area contributed by atoms with E-state index in [0.717, 1.165) is 5.56 Å². The number of halogens is 1. The van der Waals surface area contributed by atoms with E-state index in [0.29, 0.717) is 17.0 Å². The highest BCUT2D eigenvalue weighted by atomic mass is 19.1. The lowest BCUT2D eigenvalue weighted by Gasteiger charge is -2.10. The minimum atomic E-state index is -0.412. The Morgan fingerprint density at radius 3 is 2.47 bits per heavy atom. The van der Waals surface area contributed by atoms with Crippen LogP contribution < -0.4 is 10.1 Å². The van der Waals surface area contributed by atoms with Crippen molar-refractivity contribution in [1.82, 2.24) is 0 Å². The lowest BCUT2D eigenvalue weighted by Crippen LogP contribution is -2.12. The Kier molecular flexibility index (Phi) is 3.80. The highest BCUT2D eigenvalue weighted by Gasteiger charge is 2.10. The first-order chi connectivity index (χ1) is 9.10. The summed E-state index contributed by atoms with van der Waals surface area (Å²) in [6, 6.07) is 11.2. The maximum Gasteiger partial charge on any atom is 0.255 e. The molecule has 0 heterocycles. The van der Waals surface area contributed by atoms with Gasteiger partial charge in [0.25, 0.3) is 5.91 Å². The van der Waals surface area contributed by atoms with Crippen LogP contribution in [0.25, 0.3) is 0 Å². The van der Waals surface area contributed by atoms with Gasteiger partial charge in [0.15, 0.2) is 0 Å². The topological polar surface area (TPSA) is 38.3 Å². The average molecular weight is 259 g/mol. The molecular weight excluding hydrogens is 245 g/mol.